The number of aryl methyl sites for hydroxylation is 3. The van der Waals surface area contributed by atoms with Gasteiger partial charge in [0.05, 0.1) is 0 Å². The van der Waals surface area contributed by atoms with Gasteiger partial charge in [0, 0.05) is 22.9 Å². The van der Waals surface area contributed by atoms with Crippen LogP contribution in [-0.4, -0.2) is 11.8 Å². The maximum atomic E-state index is 12.5. The first-order valence-electron chi connectivity index (χ1n) is 8.24. The lowest BCUT2D eigenvalue weighted by Crippen LogP contribution is -2.15. The maximum absolute atomic E-state index is 12.5. The number of carbonyl (C=O) groups excluding carboxylic acids is 2. The zero-order valence-corrected chi connectivity index (χ0v) is 14.3. The monoisotopic (exact) mass is 322 g/mol. The summed E-state index contributed by atoms with van der Waals surface area (Å²) in [5.74, 6) is 0.0868. The van der Waals surface area contributed by atoms with Gasteiger partial charge < -0.3 is 10.6 Å². The Labute approximate surface area is 142 Å². The van der Waals surface area contributed by atoms with Crippen LogP contribution >= 0.6 is 0 Å². The molecule has 4 heteroatoms. The second-order valence-corrected chi connectivity index (χ2v) is 6.57. The lowest BCUT2D eigenvalue weighted by Gasteiger charge is -2.13. The average molecular weight is 322 g/mol. The van der Waals surface area contributed by atoms with Crippen molar-refractivity contribution in [2.75, 3.05) is 10.6 Å². The summed E-state index contributed by atoms with van der Waals surface area (Å²) in [5.41, 5.74) is 5.43. The van der Waals surface area contributed by atoms with Gasteiger partial charge in [-0.1, -0.05) is 17.7 Å². The van der Waals surface area contributed by atoms with Gasteiger partial charge in [0.1, 0.15) is 0 Å². The molecule has 2 aromatic rings. The molecule has 1 aliphatic rings. The molecule has 0 spiro atoms. The molecule has 0 unspecified atom stereocenters. The van der Waals surface area contributed by atoms with Crippen LogP contribution in [0.3, 0.4) is 0 Å². The van der Waals surface area contributed by atoms with Crippen molar-refractivity contribution in [1.82, 2.24) is 0 Å². The van der Waals surface area contributed by atoms with Gasteiger partial charge in [-0.25, -0.2) is 0 Å². The third-order valence-electron chi connectivity index (χ3n) is 4.28. The van der Waals surface area contributed by atoms with E-state index >= 15 is 0 Å². The van der Waals surface area contributed by atoms with E-state index < -0.39 is 0 Å². The SMILES string of the molecule is Cc1cc(C)c(NC(=O)c2ccc(NC(=O)C3CC3)cc2)c(C)c1. The zero-order valence-electron chi connectivity index (χ0n) is 14.3. The van der Waals surface area contributed by atoms with Crippen molar-refractivity contribution in [2.24, 2.45) is 5.92 Å². The summed E-state index contributed by atoms with van der Waals surface area (Å²) >= 11 is 0. The highest BCUT2D eigenvalue weighted by Crippen LogP contribution is 2.30. The number of hydrogen-bond acceptors (Lipinski definition) is 2. The van der Waals surface area contributed by atoms with Crippen LogP contribution in [0.1, 0.15) is 39.9 Å². The molecule has 0 bridgehead atoms. The van der Waals surface area contributed by atoms with Crippen LogP contribution in [0.25, 0.3) is 0 Å². The fourth-order valence-electron chi connectivity index (χ4n) is 2.86. The Morgan fingerprint density at radius 1 is 0.917 bits per heavy atom. The summed E-state index contributed by atoms with van der Waals surface area (Å²) in [4.78, 5) is 24.2. The molecule has 0 heterocycles. The van der Waals surface area contributed by atoms with Gasteiger partial charge in [0.15, 0.2) is 0 Å². The molecule has 0 saturated heterocycles. The quantitative estimate of drug-likeness (QED) is 0.886. The van der Waals surface area contributed by atoms with Crippen LogP contribution in [0.15, 0.2) is 36.4 Å². The molecule has 1 aliphatic carbocycles. The van der Waals surface area contributed by atoms with Crippen LogP contribution in [0, 0.1) is 26.7 Å². The number of amides is 2. The van der Waals surface area contributed by atoms with Gasteiger partial charge in [-0.2, -0.15) is 0 Å². The van der Waals surface area contributed by atoms with Gasteiger partial charge >= 0.3 is 0 Å². The molecule has 0 aliphatic heterocycles. The molecular weight excluding hydrogens is 300 g/mol. The molecule has 1 saturated carbocycles. The second kappa shape index (κ2) is 6.48. The smallest absolute Gasteiger partial charge is 0.255 e. The van der Waals surface area contributed by atoms with Crippen LogP contribution in [-0.2, 0) is 4.79 Å². The van der Waals surface area contributed by atoms with Crippen molar-refractivity contribution in [3.63, 3.8) is 0 Å². The molecule has 2 aromatic carbocycles. The van der Waals surface area contributed by atoms with Crippen molar-refractivity contribution >= 4 is 23.2 Å². The first-order valence-corrected chi connectivity index (χ1v) is 8.24. The Kier molecular flexibility index (Phi) is 4.38. The topological polar surface area (TPSA) is 58.2 Å². The number of rotatable bonds is 4. The first kappa shape index (κ1) is 16.2. The Morgan fingerprint density at radius 3 is 2.04 bits per heavy atom. The van der Waals surface area contributed by atoms with Gasteiger partial charge in [-0.15, -0.1) is 0 Å². The lowest BCUT2D eigenvalue weighted by molar-refractivity contribution is -0.117. The molecule has 4 nitrogen and oxygen atoms in total. The molecule has 24 heavy (non-hydrogen) atoms. The number of benzene rings is 2. The van der Waals surface area contributed by atoms with E-state index in [1.165, 1.54) is 5.56 Å². The third-order valence-corrected chi connectivity index (χ3v) is 4.28. The highest BCUT2D eigenvalue weighted by atomic mass is 16.2. The van der Waals surface area contributed by atoms with E-state index in [-0.39, 0.29) is 17.7 Å². The highest BCUT2D eigenvalue weighted by Gasteiger charge is 2.29. The van der Waals surface area contributed by atoms with E-state index in [9.17, 15) is 9.59 Å². The average Bonchev–Trinajstić information content (AvgIpc) is 3.36. The Balaban J connectivity index is 1.70. The van der Waals surface area contributed by atoms with Crippen molar-refractivity contribution in [3.05, 3.63) is 58.7 Å². The van der Waals surface area contributed by atoms with Gasteiger partial charge in [-0.3, -0.25) is 9.59 Å². The van der Waals surface area contributed by atoms with Gasteiger partial charge in [0.2, 0.25) is 5.91 Å². The van der Waals surface area contributed by atoms with E-state index in [2.05, 4.69) is 22.8 Å². The van der Waals surface area contributed by atoms with Crippen LogP contribution in [0.2, 0.25) is 0 Å². The lowest BCUT2D eigenvalue weighted by atomic mass is 10.0. The van der Waals surface area contributed by atoms with Crippen molar-refractivity contribution in [2.45, 2.75) is 33.6 Å². The van der Waals surface area contributed by atoms with E-state index in [0.29, 0.717) is 5.56 Å². The summed E-state index contributed by atoms with van der Waals surface area (Å²) in [6.45, 7) is 6.03. The molecule has 0 aromatic heterocycles. The van der Waals surface area contributed by atoms with Crippen molar-refractivity contribution in [1.29, 1.82) is 0 Å². The maximum Gasteiger partial charge on any atom is 0.255 e. The molecule has 0 radical (unpaired) electrons. The number of anilines is 2. The summed E-state index contributed by atoms with van der Waals surface area (Å²) < 4.78 is 0. The Morgan fingerprint density at radius 2 is 1.50 bits per heavy atom. The standard InChI is InChI=1S/C20H22N2O2/c1-12-10-13(2)18(14(3)11-12)22-20(24)16-6-8-17(9-7-16)21-19(23)15-4-5-15/h6-11,15H,4-5H2,1-3H3,(H,21,23)(H,22,24). The summed E-state index contributed by atoms with van der Waals surface area (Å²) in [5, 5.41) is 5.86. The van der Waals surface area contributed by atoms with Crippen LogP contribution < -0.4 is 10.6 Å². The minimum atomic E-state index is -0.148. The van der Waals surface area contributed by atoms with E-state index in [0.717, 1.165) is 35.3 Å². The summed E-state index contributed by atoms with van der Waals surface area (Å²) in [6, 6.07) is 11.1. The largest absolute Gasteiger partial charge is 0.326 e. The number of hydrogen-bond donors (Lipinski definition) is 2. The molecule has 2 N–H and O–H groups in total. The number of nitrogens with one attached hydrogen (secondary N) is 2. The molecule has 2 amide bonds. The van der Waals surface area contributed by atoms with Crippen LogP contribution in [0.4, 0.5) is 11.4 Å². The van der Waals surface area contributed by atoms with Gasteiger partial charge in [0.25, 0.3) is 5.91 Å². The summed E-state index contributed by atoms with van der Waals surface area (Å²) in [6.07, 6.45) is 1.95. The molecule has 124 valence electrons. The van der Waals surface area contributed by atoms with E-state index in [1.807, 2.05) is 20.8 Å². The fourth-order valence-corrected chi connectivity index (χ4v) is 2.86. The minimum absolute atomic E-state index is 0.0677. The minimum Gasteiger partial charge on any atom is -0.326 e. The second-order valence-electron chi connectivity index (χ2n) is 6.57. The summed E-state index contributed by atoms with van der Waals surface area (Å²) in [7, 11) is 0. The Bertz CT molecular complexity index is 767. The van der Waals surface area contributed by atoms with E-state index in [1.54, 1.807) is 24.3 Å². The van der Waals surface area contributed by atoms with Gasteiger partial charge in [-0.05, 0) is 69.0 Å². The molecule has 3 rings (SSSR count). The predicted molar refractivity (Wildman–Crippen MR) is 96.4 cm³/mol. The van der Waals surface area contributed by atoms with E-state index in [4.69, 9.17) is 0 Å². The van der Waals surface area contributed by atoms with Crippen molar-refractivity contribution < 1.29 is 9.59 Å². The third kappa shape index (κ3) is 3.65. The number of carbonyl (C=O) groups is 2. The van der Waals surface area contributed by atoms with Crippen molar-refractivity contribution in [3.8, 4) is 0 Å². The normalized spacial score (nSPS) is 13.5. The van der Waals surface area contributed by atoms with Crippen LogP contribution in [0.5, 0.6) is 0 Å². The predicted octanol–water partition coefficient (Wildman–Crippen LogP) is 4.21. The highest BCUT2D eigenvalue weighted by molar-refractivity contribution is 6.05. The Hall–Kier alpha value is -2.62. The zero-order chi connectivity index (χ0) is 17.3. The molecule has 0 atom stereocenters. The molecule has 1 fully saturated rings. The fraction of sp³-hybridized carbons (Fsp3) is 0.300. The molecular formula is C20H22N2O2. The first-order chi connectivity index (χ1) is 11.4.